The van der Waals surface area contributed by atoms with Crippen molar-refractivity contribution in [3.8, 4) is 6.07 Å². The summed E-state index contributed by atoms with van der Waals surface area (Å²) in [7, 11) is 0. The van der Waals surface area contributed by atoms with E-state index in [1.54, 1.807) is 29.8 Å². The Kier molecular flexibility index (Phi) is 3.68. The van der Waals surface area contributed by atoms with Crippen LogP contribution in [0.3, 0.4) is 0 Å². The molecule has 1 unspecified atom stereocenters. The van der Waals surface area contributed by atoms with Gasteiger partial charge in [-0.05, 0) is 18.6 Å². The van der Waals surface area contributed by atoms with Crippen molar-refractivity contribution in [1.82, 2.24) is 9.97 Å². The summed E-state index contributed by atoms with van der Waals surface area (Å²) in [6.07, 6.45) is 4.43. The molecule has 0 saturated heterocycles. The predicted molar refractivity (Wildman–Crippen MR) is 67.7 cm³/mol. The van der Waals surface area contributed by atoms with Crippen LogP contribution in [0.5, 0.6) is 0 Å². The molecule has 5 heteroatoms. The molecule has 0 aliphatic carbocycles. The highest BCUT2D eigenvalue weighted by Crippen LogP contribution is 2.23. The smallest absolute Gasteiger partial charge is 0.140 e. The maximum atomic E-state index is 8.67. The van der Waals surface area contributed by atoms with E-state index < -0.39 is 0 Å². The molecule has 2 rings (SSSR count). The second-order valence-electron chi connectivity index (χ2n) is 3.52. The maximum Gasteiger partial charge on any atom is 0.140 e. The molecule has 1 atom stereocenters. The third-order valence-corrected chi connectivity index (χ3v) is 3.27. The molecular weight excluding hydrogens is 232 g/mol. The Morgan fingerprint density at radius 2 is 2.35 bits per heavy atom. The Morgan fingerprint density at radius 3 is 2.88 bits per heavy atom. The van der Waals surface area contributed by atoms with Gasteiger partial charge in [-0.1, -0.05) is 6.92 Å². The fourth-order valence-corrected chi connectivity index (χ4v) is 2.26. The second-order valence-corrected chi connectivity index (χ2v) is 4.45. The first-order chi connectivity index (χ1) is 8.33. The first-order valence-electron chi connectivity index (χ1n) is 5.35. The molecule has 0 saturated carbocycles. The van der Waals surface area contributed by atoms with Gasteiger partial charge < -0.3 is 5.32 Å². The first-order valence-corrected chi connectivity index (χ1v) is 6.23. The van der Waals surface area contributed by atoms with Crippen LogP contribution >= 0.6 is 11.3 Å². The van der Waals surface area contributed by atoms with E-state index in [0.717, 1.165) is 17.1 Å². The van der Waals surface area contributed by atoms with E-state index in [1.165, 1.54) is 0 Å². The molecule has 0 aliphatic heterocycles. The molecule has 0 aromatic carbocycles. The molecule has 2 aromatic heterocycles. The molecule has 17 heavy (non-hydrogen) atoms. The van der Waals surface area contributed by atoms with Crippen LogP contribution in [-0.4, -0.2) is 9.97 Å². The fraction of sp³-hybridized carbons (Fsp3) is 0.250. The van der Waals surface area contributed by atoms with Crippen LogP contribution < -0.4 is 5.32 Å². The molecule has 0 fully saturated rings. The third kappa shape index (κ3) is 2.80. The Labute approximate surface area is 104 Å². The van der Waals surface area contributed by atoms with Gasteiger partial charge in [-0.25, -0.2) is 9.97 Å². The van der Waals surface area contributed by atoms with Crippen LogP contribution in [0.4, 0.5) is 5.69 Å². The van der Waals surface area contributed by atoms with Gasteiger partial charge in [0, 0.05) is 11.6 Å². The lowest BCUT2D eigenvalue weighted by Gasteiger charge is -2.15. The number of pyridine rings is 1. The third-order valence-electron chi connectivity index (χ3n) is 2.38. The molecule has 0 spiro atoms. The second kappa shape index (κ2) is 5.41. The number of nitrogens with one attached hydrogen (secondary N) is 1. The van der Waals surface area contributed by atoms with Crippen LogP contribution in [0.1, 0.15) is 30.1 Å². The van der Waals surface area contributed by atoms with Crippen molar-refractivity contribution in [2.24, 2.45) is 0 Å². The van der Waals surface area contributed by atoms with Gasteiger partial charge in [0.15, 0.2) is 0 Å². The molecule has 0 radical (unpaired) electrons. The highest BCUT2D eigenvalue weighted by atomic mass is 32.1. The number of hydrogen-bond acceptors (Lipinski definition) is 5. The Bertz CT molecular complexity index is 498. The van der Waals surface area contributed by atoms with Crippen LogP contribution in [-0.2, 0) is 0 Å². The molecule has 4 nitrogen and oxygen atoms in total. The van der Waals surface area contributed by atoms with Gasteiger partial charge in [0.2, 0.25) is 0 Å². The number of aromatic nitrogens is 2. The van der Waals surface area contributed by atoms with Gasteiger partial charge in [-0.3, -0.25) is 0 Å². The van der Waals surface area contributed by atoms with E-state index in [2.05, 4.69) is 22.2 Å². The van der Waals surface area contributed by atoms with Crippen LogP contribution in [0.2, 0.25) is 0 Å². The SMILES string of the molecule is CCC(Nc1ccc(C#N)nc1)c1nccs1. The number of rotatable bonds is 4. The van der Waals surface area contributed by atoms with Gasteiger partial charge in [-0.2, -0.15) is 5.26 Å². The number of anilines is 1. The van der Waals surface area contributed by atoms with Crippen molar-refractivity contribution in [1.29, 1.82) is 5.26 Å². The summed E-state index contributed by atoms with van der Waals surface area (Å²) in [5.74, 6) is 0. The van der Waals surface area contributed by atoms with Crippen LogP contribution in [0, 0.1) is 11.3 Å². The molecule has 86 valence electrons. The van der Waals surface area contributed by atoms with Gasteiger partial charge in [0.05, 0.1) is 17.9 Å². The lowest BCUT2D eigenvalue weighted by Crippen LogP contribution is -2.09. The predicted octanol–water partition coefficient (Wildman–Crippen LogP) is 2.97. The number of nitrogens with zero attached hydrogens (tertiary/aromatic N) is 3. The van der Waals surface area contributed by atoms with Gasteiger partial charge in [-0.15, -0.1) is 11.3 Å². The zero-order valence-corrected chi connectivity index (χ0v) is 10.2. The summed E-state index contributed by atoms with van der Waals surface area (Å²) < 4.78 is 0. The van der Waals surface area contributed by atoms with Crippen molar-refractivity contribution in [3.05, 3.63) is 40.6 Å². The van der Waals surface area contributed by atoms with Crippen molar-refractivity contribution >= 4 is 17.0 Å². The highest BCUT2D eigenvalue weighted by molar-refractivity contribution is 7.09. The average Bonchev–Trinajstić information content (AvgIpc) is 2.90. The topological polar surface area (TPSA) is 61.6 Å². The number of hydrogen-bond donors (Lipinski definition) is 1. The minimum absolute atomic E-state index is 0.199. The van der Waals surface area contributed by atoms with Crippen molar-refractivity contribution < 1.29 is 0 Å². The monoisotopic (exact) mass is 244 g/mol. The van der Waals surface area contributed by atoms with Crippen molar-refractivity contribution in [2.75, 3.05) is 5.32 Å². The zero-order chi connectivity index (χ0) is 12.1. The Morgan fingerprint density at radius 1 is 1.47 bits per heavy atom. The van der Waals surface area contributed by atoms with E-state index in [4.69, 9.17) is 5.26 Å². The zero-order valence-electron chi connectivity index (χ0n) is 9.42. The highest BCUT2D eigenvalue weighted by Gasteiger charge is 2.11. The molecule has 0 amide bonds. The van der Waals surface area contributed by atoms with E-state index in [-0.39, 0.29) is 6.04 Å². The van der Waals surface area contributed by atoms with E-state index in [1.807, 2.05) is 17.5 Å². The summed E-state index contributed by atoms with van der Waals surface area (Å²) in [6.45, 7) is 2.11. The number of nitriles is 1. The molecular formula is C12H12N4S. The normalized spacial score (nSPS) is 11.8. The minimum Gasteiger partial charge on any atom is -0.375 e. The van der Waals surface area contributed by atoms with E-state index in [0.29, 0.717) is 5.69 Å². The lowest BCUT2D eigenvalue weighted by molar-refractivity contribution is 0.741. The van der Waals surface area contributed by atoms with Gasteiger partial charge in [0.25, 0.3) is 0 Å². The Hall–Kier alpha value is -1.93. The van der Waals surface area contributed by atoms with Gasteiger partial charge >= 0.3 is 0 Å². The van der Waals surface area contributed by atoms with E-state index in [9.17, 15) is 0 Å². The Balaban J connectivity index is 2.11. The van der Waals surface area contributed by atoms with Crippen LogP contribution in [0.25, 0.3) is 0 Å². The molecule has 0 aliphatic rings. The van der Waals surface area contributed by atoms with Crippen molar-refractivity contribution in [2.45, 2.75) is 19.4 Å². The summed E-state index contributed by atoms with van der Waals surface area (Å²) in [4.78, 5) is 8.33. The molecule has 2 aromatic rings. The fourth-order valence-electron chi connectivity index (χ4n) is 1.49. The average molecular weight is 244 g/mol. The van der Waals surface area contributed by atoms with Crippen molar-refractivity contribution in [3.63, 3.8) is 0 Å². The molecule has 2 heterocycles. The van der Waals surface area contributed by atoms with Crippen LogP contribution in [0.15, 0.2) is 29.9 Å². The lowest BCUT2D eigenvalue weighted by atomic mass is 10.2. The number of thiazole rings is 1. The van der Waals surface area contributed by atoms with E-state index >= 15 is 0 Å². The maximum absolute atomic E-state index is 8.67. The standard InChI is InChI=1S/C12H12N4S/c1-2-11(12-14-5-6-17-12)16-10-4-3-9(7-13)15-8-10/h3-6,8,11,16H,2H2,1H3. The minimum atomic E-state index is 0.199. The summed E-state index contributed by atoms with van der Waals surface area (Å²) >= 11 is 1.64. The largest absolute Gasteiger partial charge is 0.375 e. The quantitative estimate of drug-likeness (QED) is 0.898. The molecule has 1 N–H and O–H groups in total. The summed E-state index contributed by atoms with van der Waals surface area (Å²) in [6, 6.07) is 5.77. The first kappa shape index (κ1) is 11.6. The molecule has 0 bridgehead atoms. The van der Waals surface area contributed by atoms with Gasteiger partial charge in [0.1, 0.15) is 16.8 Å². The summed E-state index contributed by atoms with van der Waals surface area (Å²) in [5.41, 5.74) is 1.34. The summed E-state index contributed by atoms with van der Waals surface area (Å²) in [5, 5.41) is 15.1.